The third-order valence-corrected chi connectivity index (χ3v) is 3.23. The van der Waals surface area contributed by atoms with Crippen LogP contribution in [0, 0.1) is 11.6 Å². The Hall–Kier alpha value is -1.94. The predicted octanol–water partition coefficient (Wildman–Crippen LogP) is 4.05. The minimum Gasteiger partial charge on any atom is -0.494 e. The molecule has 0 saturated carbocycles. The second-order valence-corrected chi connectivity index (χ2v) is 4.56. The molecule has 20 heavy (non-hydrogen) atoms. The number of hydrogen-bond donors (Lipinski definition) is 0. The standard InChI is InChI=1S/C15H11ClF2O2/c1-20-15-6-5-9(7-13(15)18)14(19)8-10-11(16)3-2-4-12(10)17/h2-7H,8H2,1H3. The fourth-order valence-electron chi connectivity index (χ4n) is 1.80. The van der Waals surface area contributed by atoms with E-state index in [-0.39, 0.29) is 28.3 Å². The number of ether oxygens (including phenoxy) is 1. The lowest BCUT2D eigenvalue weighted by molar-refractivity contribution is 0.0991. The van der Waals surface area contributed by atoms with Crippen molar-refractivity contribution in [2.45, 2.75) is 6.42 Å². The maximum absolute atomic E-state index is 13.6. The van der Waals surface area contributed by atoms with Gasteiger partial charge in [0.05, 0.1) is 7.11 Å². The van der Waals surface area contributed by atoms with Crippen LogP contribution in [0.25, 0.3) is 0 Å². The smallest absolute Gasteiger partial charge is 0.167 e. The van der Waals surface area contributed by atoms with Crippen LogP contribution >= 0.6 is 11.6 Å². The van der Waals surface area contributed by atoms with Gasteiger partial charge in [0.2, 0.25) is 0 Å². The van der Waals surface area contributed by atoms with Crippen LogP contribution in [-0.2, 0) is 6.42 Å². The average molecular weight is 297 g/mol. The molecule has 2 aromatic rings. The topological polar surface area (TPSA) is 26.3 Å². The summed E-state index contributed by atoms with van der Waals surface area (Å²) in [4.78, 5) is 12.0. The molecule has 5 heteroatoms. The second-order valence-electron chi connectivity index (χ2n) is 4.15. The van der Waals surface area contributed by atoms with Crippen LogP contribution in [0.5, 0.6) is 5.75 Å². The summed E-state index contributed by atoms with van der Waals surface area (Å²) in [6.45, 7) is 0. The largest absolute Gasteiger partial charge is 0.494 e. The van der Waals surface area contributed by atoms with Crippen molar-refractivity contribution >= 4 is 17.4 Å². The van der Waals surface area contributed by atoms with Crippen molar-refractivity contribution in [3.8, 4) is 5.75 Å². The molecule has 2 aromatic carbocycles. The summed E-state index contributed by atoms with van der Waals surface area (Å²) >= 11 is 5.85. The lowest BCUT2D eigenvalue weighted by Crippen LogP contribution is -2.06. The zero-order valence-electron chi connectivity index (χ0n) is 10.6. The van der Waals surface area contributed by atoms with Crippen molar-refractivity contribution < 1.29 is 18.3 Å². The van der Waals surface area contributed by atoms with Crippen molar-refractivity contribution in [2.75, 3.05) is 7.11 Å². The number of benzene rings is 2. The van der Waals surface area contributed by atoms with Crippen LogP contribution < -0.4 is 4.74 Å². The van der Waals surface area contributed by atoms with E-state index in [0.29, 0.717) is 0 Å². The molecule has 0 spiro atoms. The highest BCUT2D eigenvalue weighted by Gasteiger charge is 2.15. The van der Waals surface area contributed by atoms with E-state index in [1.165, 1.54) is 37.4 Å². The fourth-order valence-corrected chi connectivity index (χ4v) is 2.03. The highest BCUT2D eigenvalue weighted by molar-refractivity contribution is 6.31. The van der Waals surface area contributed by atoms with E-state index < -0.39 is 17.4 Å². The van der Waals surface area contributed by atoms with Gasteiger partial charge in [0.25, 0.3) is 0 Å². The minimum atomic E-state index is -0.641. The van der Waals surface area contributed by atoms with Crippen LogP contribution in [0.4, 0.5) is 8.78 Å². The monoisotopic (exact) mass is 296 g/mol. The highest BCUT2D eigenvalue weighted by atomic mass is 35.5. The summed E-state index contributed by atoms with van der Waals surface area (Å²) in [5.74, 6) is -1.57. The molecule has 0 bridgehead atoms. The molecule has 0 N–H and O–H groups in total. The highest BCUT2D eigenvalue weighted by Crippen LogP contribution is 2.23. The van der Waals surface area contributed by atoms with Gasteiger partial charge in [-0.05, 0) is 30.3 Å². The van der Waals surface area contributed by atoms with Crippen molar-refractivity contribution in [2.24, 2.45) is 0 Å². The molecule has 0 unspecified atom stereocenters. The summed E-state index contributed by atoms with van der Waals surface area (Å²) < 4.78 is 31.9. The second kappa shape index (κ2) is 6.01. The Labute approximate surface area is 119 Å². The van der Waals surface area contributed by atoms with E-state index in [4.69, 9.17) is 16.3 Å². The first-order chi connectivity index (χ1) is 9.52. The number of ketones is 1. The van der Waals surface area contributed by atoms with Crippen molar-refractivity contribution in [3.05, 3.63) is 64.2 Å². The molecule has 104 valence electrons. The van der Waals surface area contributed by atoms with Crippen LogP contribution in [0.15, 0.2) is 36.4 Å². The number of halogens is 3. The van der Waals surface area contributed by atoms with Crippen LogP contribution in [-0.4, -0.2) is 12.9 Å². The average Bonchev–Trinajstić information content (AvgIpc) is 2.42. The first-order valence-electron chi connectivity index (χ1n) is 5.82. The lowest BCUT2D eigenvalue weighted by Gasteiger charge is -2.07. The maximum Gasteiger partial charge on any atom is 0.167 e. The Morgan fingerprint density at radius 1 is 1.20 bits per heavy atom. The number of rotatable bonds is 4. The van der Waals surface area contributed by atoms with Crippen LogP contribution in [0.1, 0.15) is 15.9 Å². The van der Waals surface area contributed by atoms with E-state index in [1.54, 1.807) is 0 Å². The van der Waals surface area contributed by atoms with E-state index in [9.17, 15) is 13.6 Å². The Morgan fingerprint density at radius 2 is 1.95 bits per heavy atom. The molecular weight excluding hydrogens is 286 g/mol. The fraction of sp³-hybridized carbons (Fsp3) is 0.133. The predicted molar refractivity (Wildman–Crippen MR) is 72.4 cm³/mol. The van der Waals surface area contributed by atoms with Crippen molar-refractivity contribution in [1.29, 1.82) is 0 Å². The zero-order valence-corrected chi connectivity index (χ0v) is 11.4. The van der Waals surface area contributed by atoms with Gasteiger partial charge in [0.15, 0.2) is 17.3 Å². The number of hydrogen-bond acceptors (Lipinski definition) is 2. The van der Waals surface area contributed by atoms with E-state index in [1.807, 2.05) is 0 Å². The summed E-state index contributed by atoms with van der Waals surface area (Å²) in [6, 6.07) is 8.03. The molecule has 0 saturated heterocycles. The number of Topliss-reactive ketones (excluding diaryl/α,β-unsaturated/α-hetero) is 1. The molecule has 0 atom stereocenters. The number of methoxy groups -OCH3 is 1. The number of carbonyl (C=O) groups excluding carboxylic acids is 1. The third kappa shape index (κ3) is 2.96. The normalized spacial score (nSPS) is 10.4. The van der Waals surface area contributed by atoms with Gasteiger partial charge in [0, 0.05) is 22.6 Å². The van der Waals surface area contributed by atoms with Gasteiger partial charge in [-0.2, -0.15) is 0 Å². The van der Waals surface area contributed by atoms with Crippen LogP contribution in [0.2, 0.25) is 5.02 Å². The van der Waals surface area contributed by atoms with Crippen molar-refractivity contribution in [3.63, 3.8) is 0 Å². The summed E-state index contributed by atoms with van der Waals surface area (Å²) in [5.41, 5.74) is 0.248. The van der Waals surface area contributed by atoms with Crippen molar-refractivity contribution in [1.82, 2.24) is 0 Å². The lowest BCUT2D eigenvalue weighted by atomic mass is 10.0. The molecule has 0 aliphatic carbocycles. The zero-order chi connectivity index (χ0) is 14.7. The van der Waals surface area contributed by atoms with E-state index in [2.05, 4.69) is 0 Å². The van der Waals surface area contributed by atoms with Gasteiger partial charge < -0.3 is 4.74 Å². The molecule has 2 rings (SSSR count). The molecule has 0 aliphatic rings. The molecular formula is C15H11ClF2O2. The minimum absolute atomic E-state index is 0.0467. The molecule has 2 nitrogen and oxygen atoms in total. The number of carbonyl (C=O) groups is 1. The molecule has 0 heterocycles. The Bertz CT molecular complexity index is 636. The molecule has 0 aliphatic heterocycles. The molecule has 0 amide bonds. The maximum atomic E-state index is 13.6. The van der Waals surface area contributed by atoms with Gasteiger partial charge in [-0.1, -0.05) is 17.7 Å². The quantitative estimate of drug-likeness (QED) is 0.796. The molecule has 0 aromatic heterocycles. The summed E-state index contributed by atoms with van der Waals surface area (Å²) in [6.07, 6.45) is -0.225. The Morgan fingerprint density at radius 3 is 2.55 bits per heavy atom. The van der Waals surface area contributed by atoms with E-state index in [0.717, 1.165) is 6.07 Å². The van der Waals surface area contributed by atoms with E-state index >= 15 is 0 Å². The van der Waals surface area contributed by atoms with Gasteiger partial charge in [0.1, 0.15) is 5.82 Å². The third-order valence-electron chi connectivity index (χ3n) is 2.87. The first-order valence-corrected chi connectivity index (χ1v) is 6.20. The first kappa shape index (κ1) is 14.5. The van der Waals surface area contributed by atoms with Gasteiger partial charge >= 0.3 is 0 Å². The SMILES string of the molecule is COc1ccc(C(=O)Cc2c(F)cccc2Cl)cc1F. The Balaban J connectivity index is 2.26. The summed E-state index contributed by atoms with van der Waals surface area (Å²) in [5, 5.41) is 0.173. The van der Waals surface area contributed by atoms with Gasteiger partial charge in [-0.15, -0.1) is 0 Å². The molecule has 0 fully saturated rings. The van der Waals surface area contributed by atoms with Crippen LogP contribution in [0.3, 0.4) is 0 Å². The summed E-state index contributed by atoms with van der Waals surface area (Å²) in [7, 11) is 1.33. The van der Waals surface area contributed by atoms with Gasteiger partial charge in [-0.3, -0.25) is 4.79 Å². The Kier molecular flexibility index (Phi) is 4.35. The molecule has 0 radical (unpaired) electrons. The van der Waals surface area contributed by atoms with Gasteiger partial charge in [-0.25, -0.2) is 8.78 Å².